The zero-order chi connectivity index (χ0) is 29.3. The second-order valence-electron chi connectivity index (χ2n) is 11.4. The number of anilines is 1. The smallest absolute Gasteiger partial charge is 0.469 e. The van der Waals surface area contributed by atoms with Crippen LogP contribution < -0.4 is 10.1 Å². The average Bonchev–Trinajstić information content (AvgIpc) is 2.89. The lowest BCUT2D eigenvalue weighted by atomic mass is 9.68. The molecule has 1 aliphatic rings. The van der Waals surface area contributed by atoms with E-state index in [4.69, 9.17) is 9.73 Å². The van der Waals surface area contributed by atoms with Gasteiger partial charge in [0.25, 0.3) is 0 Å². The number of alkyl halides is 3. The number of nitrogens with one attached hydrogen (secondary N) is 1. The summed E-state index contributed by atoms with van der Waals surface area (Å²) in [5, 5.41) is 3.34. The van der Waals surface area contributed by atoms with Crippen LogP contribution in [0.25, 0.3) is 0 Å². The molecule has 0 amide bonds. The molecule has 3 atom stereocenters. The summed E-state index contributed by atoms with van der Waals surface area (Å²) in [6, 6.07) is 11.7. The van der Waals surface area contributed by atoms with Crippen LogP contribution in [0.5, 0.6) is 5.75 Å². The van der Waals surface area contributed by atoms with E-state index in [1.54, 1.807) is 12.1 Å². The van der Waals surface area contributed by atoms with Crippen molar-refractivity contribution in [2.75, 3.05) is 12.4 Å². The number of nitrogens with zero attached hydrogens (tertiary/aromatic N) is 1. The molecule has 0 saturated heterocycles. The number of hydrogen-bond acceptors (Lipinski definition) is 4. The predicted molar refractivity (Wildman–Crippen MR) is 154 cm³/mol. The lowest BCUT2D eigenvalue weighted by molar-refractivity contribution is -0.274. The lowest BCUT2D eigenvalue weighted by Gasteiger charge is -2.37. The van der Waals surface area contributed by atoms with Crippen molar-refractivity contribution in [3.05, 3.63) is 53.6 Å². The van der Waals surface area contributed by atoms with Crippen LogP contribution in [0.3, 0.4) is 0 Å². The van der Waals surface area contributed by atoms with Crippen molar-refractivity contribution < 1.29 is 27.4 Å². The molecule has 220 valence electrons. The van der Waals surface area contributed by atoms with Gasteiger partial charge in [0.15, 0.2) is 0 Å². The van der Waals surface area contributed by atoms with E-state index in [0.29, 0.717) is 30.4 Å². The number of hydrogen-bond donors (Lipinski definition) is 1. The Morgan fingerprint density at radius 2 is 1.82 bits per heavy atom. The minimum absolute atomic E-state index is 0.261. The molecule has 1 aliphatic carbocycles. The quantitative estimate of drug-likeness (QED) is 0.169. The molecule has 0 spiro atoms. The summed E-state index contributed by atoms with van der Waals surface area (Å²) in [7, 11) is 1.38. The SMILES string of the molecule is COC(=O)CCc1ccc(C)c(N=C(CCCC2C[C@H](C)CC[C@H]2C(C)C)Nc2ccc(OC(F)(F)F)cc2)c1. The van der Waals surface area contributed by atoms with E-state index in [9.17, 15) is 18.0 Å². The van der Waals surface area contributed by atoms with Crippen molar-refractivity contribution >= 4 is 23.2 Å². The van der Waals surface area contributed by atoms with E-state index in [2.05, 4.69) is 30.8 Å². The first-order valence-electron chi connectivity index (χ1n) is 14.3. The number of carbonyl (C=O) groups is 1. The summed E-state index contributed by atoms with van der Waals surface area (Å²) in [6.45, 7) is 8.98. The molecule has 1 unspecified atom stereocenters. The summed E-state index contributed by atoms with van der Waals surface area (Å²) in [4.78, 5) is 16.6. The van der Waals surface area contributed by atoms with Gasteiger partial charge in [-0.25, -0.2) is 4.99 Å². The molecule has 1 saturated carbocycles. The first-order valence-corrected chi connectivity index (χ1v) is 14.3. The maximum Gasteiger partial charge on any atom is 0.573 e. The Bertz CT molecular complexity index is 1130. The van der Waals surface area contributed by atoms with Gasteiger partial charge in [-0.2, -0.15) is 0 Å². The van der Waals surface area contributed by atoms with Crippen LogP contribution in [0.2, 0.25) is 0 Å². The van der Waals surface area contributed by atoms with Crippen molar-refractivity contribution in [3.8, 4) is 5.75 Å². The van der Waals surface area contributed by atoms with Crippen LogP contribution in [0, 0.1) is 30.6 Å². The van der Waals surface area contributed by atoms with E-state index in [1.165, 1.54) is 38.5 Å². The fourth-order valence-electron chi connectivity index (χ4n) is 5.74. The Labute approximate surface area is 236 Å². The van der Waals surface area contributed by atoms with E-state index < -0.39 is 6.36 Å². The Morgan fingerprint density at radius 1 is 1.10 bits per heavy atom. The maximum absolute atomic E-state index is 12.6. The Morgan fingerprint density at radius 3 is 2.48 bits per heavy atom. The van der Waals surface area contributed by atoms with Gasteiger partial charge in [0.1, 0.15) is 11.6 Å². The van der Waals surface area contributed by atoms with Crippen LogP contribution in [-0.4, -0.2) is 25.3 Å². The first-order chi connectivity index (χ1) is 18.9. The largest absolute Gasteiger partial charge is 0.573 e. The van der Waals surface area contributed by atoms with Crippen LogP contribution in [-0.2, 0) is 16.0 Å². The molecule has 2 aromatic carbocycles. The summed E-state index contributed by atoms with van der Waals surface area (Å²) in [6.07, 6.45) is 2.73. The fourth-order valence-corrected chi connectivity index (χ4v) is 5.74. The van der Waals surface area contributed by atoms with Crippen LogP contribution in [0.15, 0.2) is 47.5 Å². The minimum Gasteiger partial charge on any atom is -0.469 e. The molecule has 0 aliphatic heterocycles. The van der Waals surface area contributed by atoms with E-state index in [0.717, 1.165) is 47.3 Å². The van der Waals surface area contributed by atoms with Crippen molar-refractivity contribution in [1.29, 1.82) is 0 Å². The highest BCUT2D eigenvalue weighted by Crippen LogP contribution is 2.40. The van der Waals surface area contributed by atoms with Crippen molar-refractivity contribution in [2.24, 2.45) is 28.7 Å². The number of aliphatic imine (C=N–C) groups is 1. The summed E-state index contributed by atoms with van der Waals surface area (Å²) < 4.78 is 46.6. The molecule has 8 heteroatoms. The zero-order valence-corrected chi connectivity index (χ0v) is 24.3. The Kier molecular flexibility index (Phi) is 11.5. The Hall–Kier alpha value is -3.03. The molecule has 3 rings (SSSR count). The van der Waals surface area contributed by atoms with Gasteiger partial charge in [0, 0.05) is 18.5 Å². The number of amidine groups is 1. The summed E-state index contributed by atoms with van der Waals surface area (Å²) in [5.41, 5.74) is 3.42. The van der Waals surface area contributed by atoms with E-state index in [-0.39, 0.29) is 18.1 Å². The predicted octanol–water partition coefficient (Wildman–Crippen LogP) is 9.02. The molecule has 40 heavy (non-hydrogen) atoms. The molecule has 1 N–H and O–H groups in total. The summed E-state index contributed by atoms with van der Waals surface area (Å²) in [5.74, 6) is 3.06. The zero-order valence-electron chi connectivity index (χ0n) is 24.3. The van der Waals surface area contributed by atoms with Gasteiger partial charge in [-0.05, 0) is 104 Å². The van der Waals surface area contributed by atoms with Gasteiger partial charge in [-0.3, -0.25) is 4.79 Å². The van der Waals surface area contributed by atoms with Crippen molar-refractivity contribution in [3.63, 3.8) is 0 Å². The Balaban J connectivity index is 1.79. The van der Waals surface area contributed by atoms with E-state index >= 15 is 0 Å². The second kappa shape index (κ2) is 14.6. The fraction of sp³-hybridized carbons (Fsp3) is 0.562. The number of ether oxygens (including phenoxy) is 2. The second-order valence-corrected chi connectivity index (χ2v) is 11.4. The molecule has 0 bridgehead atoms. The van der Waals surface area contributed by atoms with Crippen LogP contribution >= 0.6 is 0 Å². The third kappa shape index (κ3) is 10.2. The molecule has 5 nitrogen and oxygen atoms in total. The number of halogens is 3. The van der Waals surface area contributed by atoms with Gasteiger partial charge in [-0.1, -0.05) is 39.3 Å². The van der Waals surface area contributed by atoms with Gasteiger partial charge >= 0.3 is 12.3 Å². The molecule has 0 aromatic heterocycles. The molecule has 0 heterocycles. The summed E-state index contributed by atoms with van der Waals surface area (Å²) >= 11 is 0. The number of methoxy groups -OCH3 is 1. The number of benzene rings is 2. The van der Waals surface area contributed by atoms with Gasteiger partial charge in [0.05, 0.1) is 12.8 Å². The molecule has 2 aromatic rings. The number of aryl methyl sites for hydroxylation is 2. The van der Waals surface area contributed by atoms with Gasteiger partial charge < -0.3 is 14.8 Å². The first kappa shape index (κ1) is 31.5. The molecule has 0 radical (unpaired) electrons. The monoisotopic (exact) mass is 560 g/mol. The van der Waals surface area contributed by atoms with Crippen LogP contribution in [0.4, 0.5) is 24.5 Å². The standard InChI is InChI=1S/C32H43F3N2O3/c1-21(2)28-17-9-22(3)19-25(28)7-6-8-30(36-26-13-15-27(16-14-26)40-32(33,34)35)37-29-20-24(11-10-23(29)4)12-18-31(38)39-5/h10-11,13-16,20-22,25,28H,6-9,12,17-19H2,1-5H3,(H,36,37)/t22-,25?,28+/m1/s1. The van der Waals surface area contributed by atoms with Gasteiger partial charge in [0.2, 0.25) is 0 Å². The topological polar surface area (TPSA) is 59.9 Å². The third-order valence-electron chi connectivity index (χ3n) is 7.90. The number of esters is 1. The molecule has 1 fully saturated rings. The highest BCUT2D eigenvalue weighted by molar-refractivity contribution is 5.97. The highest BCUT2D eigenvalue weighted by Gasteiger charge is 2.31. The van der Waals surface area contributed by atoms with Crippen LogP contribution in [0.1, 0.15) is 76.8 Å². The number of carbonyl (C=O) groups excluding carboxylic acids is 1. The van der Waals surface area contributed by atoms with Gasteiger partial charge in [-0.15, -0.1) is 13.2 Å². The lowest BCUT2D eigenvalue weighted by Crippen LogP contribution is -2.27. The van der Waals surface area contributed by atoms with E-state index in [1.807, 2.05) is 25.1 Å². The van der Waals surface area contributed by atoms with Crippen molar-refractivity contribution in [1.82, 2.24) is 0 Å². The third-order valence-corrected chi connectivity index (χ3v) is 7.90. The van der Waals surface area contributed by atoms with Crippen molar-refractivity contribution in [2.45, 2.75) is 85.4 Å². The average molecular weight is 561 g/mol. The number of rotatable bonds is 11. The minimum atomic E-state index is -4.73. The maximum atomic E-state index is 12.6. The highest BCUT2D eigenvalue weighted by atomic mass is 19.4. The normalized spacial score (nSPS) is 19.9. The molecular weight excluding hydrogens is 517 g/mol. The molecular formula is C32H43F3N2O3.